The molecule has 7 heteroatoms. The Hall–Kier alpha value is -2.38. The molecule has 0 radical (unpaired) electrons. The predicted molar refractivity (Wildman–Crippen MR) is 113 cm³/mol. The quantitative estimate of drug-likeness (QED) is 0.669. The van der Waals surface area contributed by atoms with E-state index in [0.29, 0.717) is 13.1 Å². The Balaban J connectivity index is 1.26. The van der Waals surface area contributed by atoms with Gasteiger partial charge < -0.3 is 15.5 Å². The number of hydrogen-bond donors (Lipinski definition) is 2. The molecular formula is C21H28N4O2S. The van der Waals surface area contributed by atoms with Crippen LogP contribution in [0.25, 0.3) is 0 Å². The zero-order valence-electron chi connectivity index (χ0n) is 16.1. The van der Waals surface area contributed by atoms with Gasteiger partial charge >= 0.3 is 6.03 Å². The molecule has 0 spiro atoms. The van der Waals surface area contributed by atoms with Crippen LogP contribution in [0.2, 0.25) is 0 Å². The summed E-state index contributed by atoms with van der Waals surface area (Å²) in [5.41, 5.74) is 1.30. The molecule has 1 saturated heterocycles. The summed E-state index contributed by atoms with van der Waals surface area (Å²) in [4.78, 5) is 29.1. The fourth-order valence-corrected chi connectivity index (χ4v) is 3.88. The van der Waals surface area contributed by atoms with Crippen LogP contribution in [0.5, 0.6) is 0 Å². The van der Waals surface area contributed by atoms with Gasteiger partial charge in [0.1, 0.15) is 0 Å². The van der Waals surface area contributed by atoms with E-state index >= 15 is 0 Å². The van der Waals surface area contributed by atoms with Gasteiger partial charge in [-0.1, -0.05) is 36.4 Å². The van der Waals surface area contributed by atoms with Crippen LogP contribution in [0.3, 0.4) is 0 Å². The fourth-order valence-electron chi connectivity index (χ4n) is 3.24. The summed E-state index contributed by atoms with van der Waals surface area (Å²) in [6.45, 7) is 5.26. The van der Waals surface area contributed by atoms with Crippen LogP contribution in [0.15, 0.2) is 47.8 Å². The largest absolute Gasteiger partial charge is 0.350 e. The molecule has 150 valence electrons. The number of carbonyl (C=O) groups excluding carboxylic acids is 2. The third-order valence-corrected chi connectivity index (χ3v) is 5.75. The smallest absolute Gasteiger partial charge is 0.317 e. The lowest BCUT2D eigenvalue weighted by Crippen LogP contribution is -2.52. The van der Waals surface area contributed by atoms with Crippen molar-refractivity contribution in [1.29, 1.82) is 0 Å². The van der Waals surface area contributed by atoms with Gasteiger partial charge in [0.15, 0.2) is 0 Å². The van der Waals surface area contributed by atoms with Gasteiger partial charge in [-0.3, -0.25) is 9.69 Å². The van der Waals surface area contributed by atoms with E-state index in [0.717, 1.165) is 50.4 Å². The van der Waals surface area contributed by atoms with Crippen molar-refractivity contribution in [2.75, 3.05) is 45.8 Å². The van der Waals surface area contributed by atoms with E-state index in [9.17, 15) is 9.59 Å². The molecule has 0 aliphatic carbocycles. The standard InChI is InChI=1S/C21H28N4O2S/c26-20(19-9-5-17-28-19)22-11-12-24-13-15-25(16-14-24)21(27)23-10-4-8-18-6-2-1-3-7-18/h1-3,5-7,9,17H,4,8,10-16H2,(H,22,26)(H,23,27). The molecule has 3 amide bonds. The van der Waals surface area contributed by atoms with Crippen molar-refractivity contribution in [3.63, 3.8) is 0 Å². The number of thiophene rings is 1. The van der Waals surface area contributed by atoms with Crippen molar-refractivity contribution < 1.29 is 9.59 Å². The molecule has 2 N–H and O–H groups in total. The number of aryl methyl sites for hydroxylation is 1. The molecule has 1 aliphatic rings. The van der Waals surface area contributed by atoms with Crippen LogP contribution in [-0.4, -0.2) is 67.6 Å². The first-order chi connectivity index (χ1) is 13.7. The van der Waals surface area contributed by atoms with Crippen LogP contribution < -0.4 is 10.6 Å². The molecule has 1 aromatic heterocycles. The highest BCUT2D eigenvalue weighted by Gasteiger charge is 2.20. The van der Waals surface area contributed by atoms with Crippen LogP contribution in [-0.2, 0) is 6.42 Å². The normalized spacial score (nSPS) is 14.6. The maximum Gasteiger partial charge on any atom is 0.317 e. The second-order valence-electron chi connectivity index (χ2n) is 6.88. The van der Waals surface area contributed by atoms with Crippen LogP contribution in [0.1, 0.15) is 21.7 Å². The van der Waals surface area contributed by atoms with Crippen molar-refractivity contribution in [2.24, 2.45) is 0 Å². The molecule has 1 aliphatic heterocycles. The first-order valence-electron chi connectivity index (χ1n) is 9.83. The number of nitrogens with one attached hydrogen (secondary N) is 2. The van der Waals surface area contributed by atoms with Crippen LogP contribution in [0, 0.1) is 0 Å². The first-order valence-corrected chi connectivity index (χ1v) is 10.7. The second-order valence-corrected chi connectivity index (χ2v) is 7.83. The third-order valence-electron chi connectivity index (χ3n) is 4.88. The maximum absolute atomic E-state index is 12.3. The number of carbonyl (C=O) groups is 2. The van der Waals surface area contributed by atoms with Gasteiger partial charge in [0, 0.05) is 45.8 Å². The van der Waals surface area contributed by atoms with Gasteiger partial charge in [-0.15, -0.1) is 11.3 Å². The maximum atomic E-state index is 12.3. The van der Waals surface area contributed by atoms with E-state index in [1.807, 2.05) is 40.6 Å². The Morgan fingerprint density at radius 1 is 0.929 bits per heavy atom. The second kappa shape index (κ2) is 10.8. The predicted octanol–water partition coefficient (Wildman–Crippen LogP) is 2.44. The summed E-state index contributed by atoms with van der Waals surface area (Å²) in [6.07, 6.45) is 1.92. The summed E-state index contributed by atoms with van der Waals surface area (Å²) in [7, 11) is 0. The number of urea groups is 1. The summed E-state index contributed by atoms with van der Waals surface area (Å²) in [6, 6.07) is 14.1. The highest BCUT2D eigenvalue weighted by atomic mass is 32.1. The lowest BCUT2D eigenvalue weighted by atomic mass is 10.1. The van der Waals surface area contributed by atoms with Crippen molar-refractivity contribution >= 4 is 23.3 Å². The molecule has 6 nitrogen and oxygen atoms in total. The number of rotatable bonds is 8. The molecule has 3 rings (SSSR count). The Bertz CT molecular complexity index is 728. The van der Waals surface area contributed by atoms with E-state index in [1.165, 1.54) is 16.9 Å². The van der Waals surface area contributed by atoms with Gasteiger partial charge in [-0.2, -0.15) is 0 Å². The fraction of sp³-hybridized carbons (Fsp3) is 0.429. The van der Waals surface area contributed by atoms with Crippen molar-refractivity contribution in [3.8, 4) is 0 Å². The zero-order chi connectivity index (χ0) is 19.6. The number of benzene rings is 1. The van der Waals surface area contributed by atoms with E-state index in [2.05, 4.69) is 27.7 Å². The van der Waals surface area contributed by atoms with Crippen molar-refractivity contribution in [1.82, 2.24) is 20.4 Å². The molecule has 0 unspecified atom stereocenters. The summed E-state index contributed by atoms with van der Waals surface area (Å²) < 4.78 is 0. The lowest BCUT2D eigenvalue weighted by Gasteiger charge is -2.34. The van der Waals surface area contributed by atoms with Gasteiger partial charge in [0.2, 0.25) is 0 Å². The van der Waals surface area contributed by atoms with Gasteiger partial charge in [0.25, 0.3) is 5.91 Å². The minimum absolute atomic E-state index is 0.0106. The zero-order valence-corrected chi connectivity index (χ0v) is 16.9. The number of hydrogen-bond acceptors (Lipinski definition) is 4. The third kappa shape index (κ3) is 6.35. The van der Waals surface area contributed by atoms with E-state index < -0.39 is 0 Å². The molecule has 0 saturated carbocycles. The minimum Gasteiger partial charge on any atom is -0.350 e. The summed E-state index contributed by atoms with van der Waals surface area (Å²) in [5.74, 6) is -0.0106. The van der Waals surface area contributed by atoms with Gasteiger partial charge in [-0.05, 0) is 29.9 Å². The van der Waals surface area contributed by atoms with E-state index in [-0.39, 0.29) is 11.9 Å². The molecule has 28 heavy (non-hydrogen) atoms. The SMILES string of the molecule is O=C(NCCN1CCN(C(=O)NCCCc2ccccc2)CC1)c1cccs1. The molecular weight excluding hydrogens is 372 g/mol. The Kier molecular flexibility index (Phi) is 7.87. The monoisotopic (exact) mass is 400 g/mol. The summed E-state index contributed by atoms with van der Waals surface area (Å²) in [5, 5.41) is 7.88. The van der Waals surface area contributed by atoms with Gasteiger partial charge in [0.05, 0.1) is 4.88 Å². The molecule has 2 aromatic rings. The molecule has 0 atom stereocenters. The highest BCUT2D eigenvalue weighted by Crippen LogP contribution is 2.08. The Morgan fingerprint density at radius 3 is 2.43 bits per heavy atom. The Labute approximate surface area is 170 Å². The number of piperazine rings is 1. The van der Waals surface area contributed by atoms with Crippen LogP contribution >= 0.6 is 11.3 Å². The van der Waals surface area contributed by atoms with Crippen LogP contribution in [0.4, 0.5) is 4.79 Å². The lowest BCUT2D eigenvalue weighted by molar-refractivity contribution is 0.0946. The highest BCUT2D eigenvalue weighted by molar-refractivity contribution is 7.12. The Morgan fingerprint density at radius 2 is 1.71 bits per heavy atom. The van der Waals surface area contributed by atoms with Crippen molar-refractivity contribution in [2.45, 2.75) is 12.8 Å². The minimum atomic E-state index is -0.0106. The number of amides is 3. The molecule has 0 bridgehead atoms. The van der Waals surface area contributed by atoms with Crippen molar-refractivity contribution in [3.05, 3.63) is 58.3 Å². The molecule has 1 fully saturated rings. The first kappa shape index (κ1) is 20.4. The van der Waals surface area contributed by atoms with Gasteiger partial charge in [-0.25, -0.2) is 4.79 Å². The molecule has 2 heterocycles. The molecule has 1 aromatic carbocycles. The average molecular weight is 401 g/mol. The topological polar surface area (TPSA) is 64.7 Å². The average Bonchev–Trinajstić information content (AvgIpc) is 3.27. The van der Waals surface area contributed by atoms with E-state index in [1.54, 1.807) is 0 Å². The van der Waals surface area contributed by atoms with E-state index in [4.69, 9.17) is 0 Å². The number of nitrogens with zero attached hydrogens (tertiary/aromatic N) is 2. The summed E-state index contributed by atoms with van der Waals surface area (Å²) >= 11 is 1.45.